The number of ether oxygens (including phenoxy) is 1. The highest BCUT2D eigenvalue weighted by molar-refractivity contribution is 4.93. The summed E-state index contributed by atoms with van der Waals surface area (Å²) in [7, 11) is 0. The lowest BCUT2D eigenvalue weighted by molar-refractivity contribution is -0.0364. The first-order valence-electron chi connectivity index (χ1n) is 9.26. The normalized spacial score (nSPS) is 38.6. The van der Waals surface area contributed by atoms with Gasteiger partial charge in [0.25, 0.3) is 0 Å². The van der Waals surface area contributed by atoms with Gasteiger partial charge in [-0.1, -0.05) is 26.7 Å². The Labute approximate surface area is 130 Å². The van der Waals surface area contributed by atoms with E-state index in [2.05, 4.69) is 24.1 Å². The zero-order valence-corrected chi connectivity index (χ0v) is 14.1. The molecule has 0 bridgehead atoms. The van der Waals surface area contributed by atoms with E-state index < -0.39 is 0 Å². The summed E-state index contributed by atoms with van der Waals surface area (Å²) in [5.74, 6) is 0.936. The summed E-state index contributed by atoms with van der Waals surface area (Å²) < 4.78 is 5.69. The predicted octanol–water partition coefficient (Wildman–Crippen LogP) is 3.05. The quantitative estimate of drug-likeness (QED) is 0.815. The van der Waals surface area contributed by atoms with Crippen molar-refractivity contribution in [3.05, 3.63) is 0 Å². The molecular formula is C18H34N2O. The van der Waals surface area contributed by atoms with Crippen LogP contribution in [0.25, 0.3) is 0 Å². The molecule has 0 radical (unpaired) electrons. The largest absolute Gasteiger partial charge is 0.378 e. The molecule has 3 fully saturated rings. The molecule has 1 atom stereocenters. The van der Waals surface area contributed by atoms with Crippen molar-refractivity contribution in [3.63, 3.8) is 0 Å². The van der Waals surface area contributed by atoms with Crippen LogP contribution in [0.15, 0.2) is 0 Å². The maximum absolute atomic E-state index is 5.69. The van der Waals surface area contributed by atoms with Gasteiger partial charge in [0, 0.05) is 31.7 Å². The zero-order valence-electron chi connectivity index (χ0n) is 14.1. The fraction of sp³-hybridized carbons (Fsp3) is 1.00. The summed E-state index contributed by atoms with van der Waals surface area (Å²) >= 11 is 0. The van der Waals surface area contributed by atoms with E-state index in [9.17, 15) is 0 Å². The molecule has 1 N–H and O–H groups in total. The van der Waals surface area contributed by atoms with Gasteiger partial charge in [0.15, 0.2) is 0 Å². The van der Waals surface area contributed by atoms with Crippen LogP contribution in [0.3, 0.4) is 0 Å². The Morgan fingerprint density at radius 3 is 2.62 bits per heavy atom. The lowest BCUT2D eigenvalue weighted by Crippen LogP contribution is -2.53. The van der Waals surface area contributed by atoms with Gasteiger partial charge in [0.2, 0.25) is 0 Å². The summed E-state index contributed by atoms with van der Waals surface area (Å²) in [6.45, 7) is 10.3. The second kappa shape index (κ2) is 6.97. The van der Waals surface area contributed by atoms with Crippen LogP contribution in [0.2, 0.25) is 0 Å². The van der Waals surface area contributed by atoms with Crippen molar-refractivity contribution in [1.29, 1.82) is 0 Å². The summed E-state index contributed by atoms with van der Waals surface area (Å²) in [5, 5.41) is 3.85. The minimum atomic E-state index is 0.528. The van der Waals surface area contributed by atoms with Crippen molar-refractivity contribution in [2.45, 2.75) is 70.9 Å². The molecule has 3 rings (SSSR count). The Balaban J connectivity index is 1.62. The molecule has 3 heteroatoms. The Hall–Kier alpha value is -0.120. The number of morpholine rings is 1. The van der Waals surface area contributed by atoms with Crippen LogP contribution in [0.5, 0.6) is 0 Å². The monoisotopic (exact) mass is 294 g/mol. The minimum Gasteiger partial charge on any atom is -0.378 e. The lowest BCUT2D eigenvalue weighted by atomic mass is 9.70. The molecule has 21 heavy (non-hydrogen) atoms. The molecule has 0 amide bonds. The summed E-state index contributed by atoms with van der Waals surface area (Å²) in [6.07, 6.45) is 9.72. The highest BCUT2D eigenvalue weighted by Gasteiger charge is 2.38. The highest BCUT2D eigenvalue weighted by Crippen LogP contribution is 2.40. The third kappa shape index (κ3) is 4.20. The number of hydrogen-bond acceptors (Lipinski definition) is 3. The van der Waals surface area contributed by atoms with Crippen molar-refractivity contribution in [2.24, 2.45) is 11.3 Å². The topological polar surface area (TPSA) is 24.5 Å². The molecule has 2 aliphatic carbocycles. The SMILES string of the molecule is CCC1COCCN1CC1(CNC2CC2)CCC(C)CC1. The first-order valence-corrected chi connectivity index (χ1v) is 9.26. The molecular weight excluding hydrogens is 260 g/mol. The van der Waals surface area contributed by atoms with Gasteiger partial charge in [-0.25, -0.2) is 0 Å². The second-order valence-corrected chi connectivity index (χ2v) is 7.95. The van der Waals surface area contributed by atoms with Crippen molar-refractivity contribution in [3.8, 4) is 0 Å². The van der Waals surface area contributed by atoms with Crippen molar-refractivity contribution < 1.29 is 4.74 Å². The van der Waals surface area contributed by atoms with E-state index in [1.807, 2.05) is 0 Å². The van der Waals surface area contributed by atoms with Crippen LogP contribution in [0.4, 0.5) is 0 Å². The number of nitrogens with zero attached hydrogens (tertiary/aromatic N) is 1. The molecule has 0 aromatic heterocycles. The van der Waals surface area contributed by atoms with Crippen LogP contribution in [0.1, 0.15) is 58.8 Å². The molecule has 0 aromatic rings. The summed E-state index contributed by atoms with van der Waals surface area (Å²) in [5.41, 5.74) is 0.528. The molecule has 122 valence electrons. The Bertz CT molecular complexity index is 321. The Kier molecular flexibility index (Phi) is 5.23. The molecule has 0 spiro atoms. The number of rotatable bonds is 6. The molecule has 2 saturated carbocycles. The Morgan fingerprint density at radius 1 is 1.19 bits per heavy atom. The molecule has 3 aliphatic rings. The molecule has 1 unspecified atom stereocenters. The van der Waals surface area contributed by atoms with Crippen LogP contribution in [-0.4, -0.2) is 49.8 Å². The van der Waals surface area contributed by atoms with E-state index in [0.29, 0.717) is 11.5 Å². The van der Waals surface area contributed by atoms with E-state index in [1.165, 1.54) is 58.0 Å². The third-order valence-electron chi connectivity index (χ3n) is 6.04. The van der Waals surface area contributed by atoms with Crippen molar-refractivity contribution >= 4 is 0 Å². The first kappa shape index (κ1) is 15.8. The van der Waals surface area contributed by atoms with Crippen molar-refractivity contribution in [2.75, 3.05) is 32.8 Å². The van der Waals surface area contributed by atoms with Gasteiger partial charge in [-0.3, -0.25) is 4.90 Å². The van der Waals surface area contributed by atoms with Gasteiger partial charge in [-0.05, 0) is 43.4 Å². The average Bonchev–Trinajstić information content (AvgIpc) is 3.33. The molecule has 1 heterocycles. The third-order valence-corrected chi connectivity index (χ3v) is 6.04. The summed E-state index contributed by atoms with van der Waals surface area (Å²) in [6, 6.07) is 1.49. The van der Waals surface area contributed by atoms with Crippen LogP contribution < -0.4 is 5.32 Å². The first-order chi connectivity index (χ1) is 10.2. The van der Waals surface area contributed by atoms with Gasteiger partial charge < -0.3 is 10.1 Å². The minimum absolute atomic E-state index is 0.528. The molecule has 0 aromatic carbocycles. The van der Waals surface area contributed by atoms with Crippen LogP contribution in [-0.2, 0) is 4.74 Å². The molecule has 1 saturated heterocycles. The van der Waals surface area contributed by atoms with E-state index in [0.717, 1.165) is 31.7 Å². The number of hydrogen-bond donors (Lipinski definition) is 1. The fourth-order valence-electron chi connectivity index (χ4n) is 4.12. The summed E-state index contributed by atoms with van der Waals surface area (Å²) in [4.78, 5) is 2.74. The number of nitrogens with one attached hydrogen (secondary N) is 1. The predicted molar refractivity (Wildman–Crippen MR) is 87.6 cm³/mol. The van der Waals surface area contributed by atoms with Gasteiger partial charge >= 0.3 is 0 Å². The fourth-order valence-corrected chi connectivity index (χ4v) is 4.12. The molecule has 1 aliphatic heterocycles. The van der Waals surface area contributed by atoms with Gasteiger partial charge in [-0.2, -0.15) is 0 Å². The van der Waals surface area contributed by atoms with Gasteiger partial charge in [0.1, 0.15) is 0 Å². The van der Waals surface area contributed by atoms with E-state index >= 15 is 0 Å². The van der Waals surface area contributed by atoms with E-state index in [-0.39, 0.29) is 0 Å². The maximum atomic E-state index is 5.69. The average molecular weight is 294 g/mol. The second-order valence-electron chi connectivity index (χ2n) is 7.95. The Morgan fingerprint density at radius 2 is 1.95 bits per heavy atom. The maximum Gasteiger partial charge on any atom is 0.0622 e. The van der Waals surface area contributed by atoms with Crippen molar-refractivity contribution in [1.82, 2.24) is 10.2 Å². The van der Waals surface area contributed by atoms with Gasteiger partial charge in [0.05, 0.1) is 13.2 Å². The molecule has 3 nitrogen and oxygen atoms in total. The standard InChI is InChI=1S/C18H34N2O/c1-3-17-12-21-11-10-20(17)14-18(13-19-16-4-5-16)8-6-15(2)7-9-18/h15-17,19H,3-14H2,1-2H3. The van der Waals surface area contributed by atoms with Gasteiger partial charge in [-0.15, -0.1) is 0 Å². The highest BCUT2D eigenvalue weighted by atomic mass is 16.5. The lowest BCUT2D eigenvalue weighted by Gasteiger charge is -2.46. The zero-order chi connectivity index (χ0) is 14.7. The van der Waals surface area contributed by atoms with Crippen LogP contribution >= 0.6 is 0 Å². The smallest absolute Gasteiger partial charge is 0.0622 e. The van der Waals surface area contributed by atoms with Crippen LogP contribution in [0, 0.1) is 11.3 Å². The van der Waals surface area contributed by atoms with E-state index in [1.54, 1.807) is 0 Å². The van der Waals surface area contributed by atoms with E-state index in [4.69, 9.17) is 4.74 Å².